The Bertz CT molecular complexity index is 626. The average molecular weight is 361 g/mol. The van der Waals surface area contributed by atoms with E-state index in [0.29, 0.717) is 10.5 Å². The van der Waals surface area contributed by atoms with E-state index < -0.39 is 0 Å². The molecule has 2 aromatic rings. The first kappa shape index (κ1) is 16.2. The summed E-state index contributed by atoms with van der Waals surface area (Å²) in [6, 6.07) is 0. The summed E-state index contributed by atoms with van der Waals surface area (Å²) in [5.41, 5.74) is 1.46. The van der Waals surface area contributed by atoms with E-state index in [4.69, 9.17) is 0 Å². The predicted molar refractivity (Wildman–Crippen MR) is 94.9 cm³/mol. The molecule has 6 nitrogen and oxygen atoms in total. The summed E-state index contributed by atoms with van der Waals surface area (Å²) in [5, 5.41) is 19.3. The number of thioether (sulfide) groups is 2. The van der Waals surface area contributed by atoms with E-state index in [2.05, 4.69) is 30.4 Å². The van der Waals surface area contributed by atoms with E-state index in [1.807, 2.05) is 0 Å². The molecule has 0 spiro atoms. The molecule has 0 unspecified atom stereocenters. The number of hydrogen-bond donors (Lipinski definition) is 0. The third kappa shape index (κ3) is 4.03. The van der Waals surface area contributed by atoms with Crippen molar-refractivity contribution in [3.8, 4) is 11.4 Å². The highest BCUT2D eigenvalue weighted by atomic mass is 32.2. The Balaban J connectivity index is 1.50. The lowest BCUT2D eigenvalue weighted by Gasteiger charge is -2.08. The second-order valence-electron chi connectivity index (χ2n) is 6.30. The monoisotopic (exact) mass is 360 g/mol. The van der Waals surface area contributed by atoms with Gasteiger partial charge in [0.1, 0.15) is 11.4 Å². The standard InChI is InChI=1S/C16H20N6S2/c1-2-6-11(5-1)23-15-19-13(9-17-21-15)14-10-18-22-16(20-14)24-12-7-3-4-8-12/h9-12H,1-8H2. The van der Waals surface area contributed by atoms with Crippen molar-refractivity contribution >= 4 is 23.5 Å². The first-order valence-corrected chi connectivity index (χ1v) is 10.4. The quantitative estimate of drug-likeness (QED) is 0.797. The molecule has 2 heterocycles. The van der Waals surface area contributed by atoms with E-state index in [9.17, 15) is 0 Å². The Morgan fingerprint density at radius 3 is 1.50 bits per heavy atom. The fourth-order valence-electron chi connectivity index (χ4n) is 3.23. The van der Waals surface area contributed by atoms with Crippen LogP contribution in [0.3, 0.4) is 0 Å². The minimum atomic E-state index is 0.624. The third-order valence-electron chi connectivity index (χ3n) is 4.49. The van der Waals surface area contributed by atoms with Crippen LogP contribution in [0, 0.1) is 0 Å². The van der Waals surface area contributed by atoms with Crippen LogP contribution >= 0.6 is 23.5 Å². The highest BCUT2D eigenvalue weighted by molar-refractivity contribution is 8.00. The molecule has 0 saturated heterocycles. The van der Waals surface area contributed by atoms with E-state index in [1.165, 1.54) is 51.4 Å². The number of rotatable bonds is 5. The molecule has 0 amide bonds. The first-order chi connectivity index (χ1) is 11.9. The van der Waals surface area contributed by atoms with Crippen LogP contribution in [0.25, 0.3) is 11.4 Å². The third-order valence-corrected chi connectivity index (χ3v) is 6.87. The van der Waals surface area contributed by atoms with Gasteiger partial charge in [-0.1, -0.05) is 49.2 Å². The zero-order chi connectivity index (χ0) is 16.2. The van der Waals surface area contributed by atoms with Crippen molar-refractivity contribution in [3.63, 3.8) is 0 Å². The smallest absolute Gasteiger partial charge is 0.209 e. The number of aromatic nitrogens is 6. The van der Waals surface area contributed by atoms with Crippen molar-refractivity contribution in [3.05, 3.63) is 12.4 Å². The van der Waals surface area contributed by atoms with Crippen molar-refractivity contribution in [2.45, 2.75) is 72.2 Å². The second kappa shape index (κ2) is 7.74. The predicted octanol–water partition coefficient (Wildman–Crippen LogP) is 3.79. The normalized spacial score (nSPS) is 19.2. The molecule has 8 heteroatoms. The molecule has 0 bridgehead atoms. The van der Waals surface area contributed by atoms with Gasteiger partial charge in [0.2, 0.25) is 10.3 Å². The fourth-order valence-corrected chi connectivity index (χ4v) is 5.46. The van der Waals surface area contributed by atoms with Crippen LogP contribution in [0.15, 0.2) is 22.7 Å². The lowest BCUT2D eigenvalue weighted by molar-refractivity contribution is 0.803. The van der Waals surface area contributed by atoms with Gasteiger partial charge in [0.25, 0.3) is 0 Å². The van der Waals surface area contributed by atoms with Crippen molar-refractivity contribution in [2.75, 3.05) is 0 Å². The maximum atomic E-state index is 4.63. The zero-order valence-electron chi connectivity index (χ0n) is 13.5. The Kier molecular flexibility index (Phi) is 5.22. The molecular formula is C16H20N6S2. The summed E-state index contributed by atoms with van der Waals surface area (Å²) in [7, 11) is 0. The van der Waals surface area contributed by atoms with E-state index in [0.717, 1.165) is 21.7 Å². The van der Waals surface area contributed by atoms with Gasteiger partial charge >= 0.3 is 0 Å². The SMILES string of the molecule is c1nnc(SC2CCCC2)nc1-c1cnnc(SC2CCCC2)n1. The summed E-state index contributed by atoms with van der Waals surface area (Å²) < 4.78 is 0. The second-order valence-corrected chi connectivity index (χ2v) is 8.83. The molecular weight excluding hydrogens is 340 g/mol. The molecule has 0 aliphatic heterocycles. The van der Waals surface area contributed by atoms with Gasteiger partial charge < -0.3 is 0 Å². The molecule has 2 aliphatic rings. The largest absolute Gasteiger partial charge is 0.218 e. The Morgan fingerprint density at radius 2 is 1.08 bits per heavy atom. The Morgan fingerprint density at radius 1 is 0.667 bits per heavy atom. The summed E-state index contributed by atoms with van der Waals surface area (Å²) in [6.45, 7) is 0. The Hall–Kier alpha value is -1.28. The average Bonchev–Trinajstić information content (AvgIpc) is 3.30. The molecule has 2 saturated carbocycles. The summed E-state index contributed by atoms with van der Waals surface area (Å²) in [6.07, 6.45) is 13.5. The molecule has 4 rings (SSSR count). The van der Waals surface area contributed by atoms with Gasteiger partial charge in [-0.3, -0.25) is 0 Å². The maximum Gasteiger partial charge on any atom is 0.209 e. The van der Waals surface area contributed by atoms with Crippen molar-refractivity contribution in [1.29, 1.82) is 0 Å². The van der Waals surface area contributed by atoms with Crippen LogP contribution in [0.2, 0.25) is 0 Å². The molecule has 2 fully saturated rings. The van der Waals surface area contributed by atoms with E-state index >= 15 is 0 Å². The molecule has 0 aromatic carbocycles. The van der Waals surface area contributed by atoms with Crippen LogP contribution in [0.4, 0.5) is 0 Å². The molecule has 24 heavy (non-hydrogen) atoms. The van der Waals surface area contributed by atoms with Crippen molar-refractivity contribution in [2.24, 2.45) is 0 Å². The number of nitrogens with zero attached hydrogens (tertiary/aromatic N) is 6. The van der Waals surface area contributed by atoms with Gasteiger partial charge in [0.15, 0.2) is 0 Å². The Labute approximate surface area is 150 Å². The van der Waals surface area contributed by atoms with Crippen LogP contribution < -0.4 is 0 Å². The molecule has 126 valence electrons. The minimum Gasteiger partial charge on any atom is -0.218 e. The summed E-state index contributed by atoms with van der Waals surface area (Å²) in [4.78, 5) is 9.26. The summed E-state index contributed by atoms with van der Waals surface area (Å²) >= 11 is 3.47. The molecule has 0 radical (unpaired) electrons. The van der Waals surface area contributed by atoms with Gasteiger partial charge in [-0.2, -0.15) is 10.2 Å². The molecule has 2 aromatic heterocycles. The molecule has 2 aliphatic carbocycles. The van der Waals surface area contributed by atoms with Crippen molar-refractivity contribution in [1.82, 2.24) is 30.4 Å². The first-order valence-electron chi connectivity index (χ1n) is 8.60. The van der Waals surface area contributed by atoms with Gasteiger partial charge in [-0.05, 0) is 25.7 Å². The highest BCUT2D eigenvalue weighted by Crippen LogP contribution is 2.34. The summed E-state index contributed by atoms with van der Waals surface area (Å²) in [5.74, 6) is 0. The molecule has 0 atom stereocenters. The zero-order valence-corrected chi connectivity index (χ0v) is 15.1. The highest BCUT2D eigenvalue weighted by Gasteiger charge is 2.20. The fraction of sp³-hybridized carbons (Fsp3) is 0.625. The van der Waals surface area contributed by atoms with Crippen LogP contribution in [-0.2, 0) is 0 Å². The lowest BCUT2D eigenvalue weighted by atomic mass is 10.3. The van der Waals surface area contributed by atoms with Crippen LogP contribution in [-0.4, -0.2) is 40.9 Å². The van der Waals surface area contributed by atoms with Crippen molar-refractivity contribution < 1.29 is 0 Å². The topological polar surface area (TPSA) is 77.3 Å². The minimum absolute atomic E-state index is 0.624. The van der Waals surface area contributed by atoms with E-state index in [-0.39, 0.29) is 0 Å². The van der Waals surface area contributed by atoms with Crippen LogP contribution in [0.1, 0.15) is 51.4 Å². The van der Waals surface area contributed by atoms with E-state index in [1.54, 1.807) is 35.9 Å². The van der Waals surface area contributed by atoms with Gasteiger partial charge in [0, 0.05) is 10.5 Å². The molecule has 0 N–H and O–H groups in total. The lowest BCUT2D eigenvalue weighted by Crippen LogP contribution is -2.02. The number of hydrogen-bond acceptors (Lipinski definition) is 8. The van der Waals surface area contributed by atoms with Gasteiger partial charge in [-0.25, -0.2) is 9.97 Å². The maximum absolute atomic E-state index is 4.63. The van der Waals surface area contributed by atoms with Gasteiger partial charge in [0.05, 0.1) is 12.4 Å². The van der Waals surface area contributed by atoms with Crippen LogP contribution in [0.5, 0.6) is 0 Å². The van der Waals surface area contributed by atoms with Gasteiger partial charge in [-0.15, -0.1) is 10.2 Å².